The number of aliphatic hydroxyl groups excluding tert-OH is 18. The highest BCUT2D eigenvalue weighted by Gasteiger charge is 2.59. The van der Waals surface area contributed by atoms with Gasteiger partial charge >= 0.3 is 5.97 Å². The molecule has 0 spiro atoms. The lowest BCUT2D eigenvalue weighted by molar-refractivity contribution is -0.403. The van der Waals surface area contributed by atoms with Crippen molar-refractivity contribution in [2.75, 3.05) is 33.0 Å². The molecule has 0 unspecified atom stereocenters. The molecule has 22 aliphatic rings. The van der Waals surface area contributed by atoms with Crippen LogP contribution in [0.15, 0.2) is 11.8 Å². The number of rotatable bonds is 7. The van der Waals surface area contributed by atoms with Gasteiger partial charge in [0.2, 0.25) is 0 Å². The first-order valence-corrected chi connectivity index (χ1v) is 21.9. The second-order valence-corrected chi connectivity index (χ2v) is 17.5. The van der Waals surface area contributed by atoms with E-state index in [1.54, 1.807) is 0 Å². The summed E-state index contributed by atoms with van der Waals surface area (Å²) in [6.07, 6.45) is -61.9. The Morgan fingerprint density at radius 3 is 0.714 bits per heavy atom. The van der Waals surface area contributed by atoms with Gasteiger partial charge in [-0.1, -0.05) is 0 Å². The van der Waals surface area contributed by atoms with Crippen molar-refractivity contribution in [2.45, 2.75) is 184 Å². The molecule has 0 aromatic heterocycles. The molecule has 22 rings (SSSR count). The van der Waals surface area contributed by atoms with Crippen LogP contribution in [0.4, 0.5) is 0 Å². The van der Waals surface area contributed by atoms with Gasteiger partial charge in [-0.25, -0.2) is 4.79 Å². The summed E-state index contributed by atoms with van der Waals surface area (Å²) in [5.74, 6) is -3.04. The largest absolute Gasteiger partial charge is 0.509 e. The highest BCUT2D eigenvalue weighted by Crippen LogP contribution is 2.38. The summed E-state index contributed by atoms with van der Waals surface area (Å²) in [6.45, 7) is -5.29. The van der Waals surface area contributed by atoms with E-state index in [1.807, 2.05) is 0 Å². The third-order valence-corrected chi connectivity index (χ3v) is 13.0. The highest BCUT2D eigenvalue weighted by molar-refractivity contribution is 5.80. The maximum atomic E-state index is 11.7. The molecule has 22 saturated heterocycles. The molecule has 0 saturated carbocycles. The zero-order valence-corrected chi connectivity index (χ0v) is 36.2. The third-order valence-electron chi connectivity index (χ3n) is 13.0. The van der Waals surface area contributed by atoms with Crippen LogP contribution in [0.1, 0.15) is 0 Å². The molecule has 12 bridgehead atoms. The number of carbonyl (C=O) groups is 1. The number of carboxylic acid groups (broad SMARTS) is 1. The van der Waals surface area contributed by atoms with Gasteiger partial charge in [-0.2, -0.15) is 0 Å². The second kappa shape index (κ2) is 23.2. The average Bonchev–Trinajstić information content (AvgIpc) is 3.33. The molecule has 0 aromatic carbocycles. The fourth-order valence-corrected chi connectivity index (χ4v) is 9.14. The number of aliphatic hydroxyl groups is 18. The van der Waals surface area contributed by atoms with Crippen molar-refractivity contribution in [2.24, 2.45) is 0 Å². The van der Waals surface area contributed by atoms with Crippen molar-refractivity contribution in [3.05, 3.63) is 11.8 Å². The SMILES string of the molecule is O=C(O)/C=C(\O)[C@@H]1O[C@H]2O[C@H]3[C@H](O)[C@@H](O)[C@@H](O[C@H]4[C@H](O)[C@@H](O)[C@@H](O[C@H]5[C@H](O)[C@@H](O)[C@@H](O[C@H]6[C@H](O)[C@@H](O)[C@@H](O[C@H]7[C@H](O)[C@@H](O)[C@@H](O[C@H]1[C@H](O)[C@H]2O)O[C@@H]7CO)O[C@@H]6CO)O[C@@H]5CO)O[C@@H]4CO)O[C@@H]3CO. The van der Waals surface area contributed by atoms with Gasteiger partial charge in [0.1, 0.15) is 152 Å². The first-order chi connectivity index (χ1) is 33.2. The van der Waals surface area contributed by atoms with Gasteiger partial charge in [0, 0.05) is 0 Å². The van der Waals surface area contributed by atoms with Gasteiger partial charge in [0.15, 0.2) is 37.7 Å². The smallest absolute Gasteiger partial charge is 0.331 e. The van der Waals surface area contributed by atoms with Gasteiger partial charge in [-0.05, 0) is 0 Å². The number of hydrogen-bond donors (Lipinski definition) is 19. The Kier molecular flexibility index (Phi) is 18.4. The van der Waals surface area contributed by atoms with E-state index in [0.717, 1.165) is 0 Å². The molecule has 0 radical (unpaired) electrons. The molecule has 22 heterocycles. The van der Waals surface area contributed by atoms with Crippen LogP contribution in [0.3, 0.4) is 0 Å². The monoisotopic (exact) mass is 1030 g/mol. The summed E-state index contributed by atoms with van der Waals surface area (Å²) in [4.78, 5) is 11.7. The maximum absolute atomic E-state index is 11.7. The van der Waals surface area contributed by atoms with E-state index in [9.17, 15) is 102 Å². The number of hydrogen-bond acceptors (Lipinski definition) is 31. The van der Waals surface area contributed by atoms with Crippen molar-refractivity contribution in [3.63, 3.8) is 0 Å². The van der Waals surface area contributed by atoms with E-state index >= 15 is 0 Å². The van der Waals surface area contributed by atoms with Crippen molar-refractivity contribution in [1.29, 1.82) is 0 Å². The van der Waals surface area contributed by atoms with E-state index in [2.05, 4.69) is 0 Å². The molecule has 30 atom stereocenters. The fourth-order valence-electron chi connectivity index (χ4n) is 9.14. The summed E-state index contributed by atoms with van der Waals surface area (Å²) in [5.41, 5.74) is 0. The second-order valence-electron chi connectivity index (χ2n) is 17.5. The molecule has 0 aliphatic carbocycles. The molecule has 32 nitrogen and oxygen atoms in total. The Hall–Kier alpha value is -2.15. The molecule has 0 aromatic rings. The highest BCUT2D eigenvalue weighted by atomic mass is 16.8. The number of aliphatic carboxylic acids is 1. The summed E-state index contributed by atoms with van der Waals surface area (Å²) < 4.78 is 67.7. The van der Waals surface area contributed by atoms with E-state index in [0.29, 0.717) is 0 Å². The molecule has 22 aliphatic heterocycles. The van der Waals surface area contributed by atoms with Crippen molar-refractivity contribution < 1.29 is 159 Å². The zero-order chi connectivity index (χ0) is 51.2. The number of ether oxygens (including phenoxy) is 12. The minimum absolute atomic E-state index is 0.158. The van der Waals surface area contributed by atoms with Gasteiger partial charge in [-0.3, -0.25) is 0 Å². The molecular formula is C38H60O32. The van der Waals surface area contributed by atoms with E-state index in [4.69, 9.17) is 56.8 Å². The number of carboxylic acids is 1. The topological polar surface area (TPSA) is 512 Å². The minimum Gasteiger partial charge on any atom is -0.509 e. The van der Waals surface area contributed by atoms with Crippen molar-refractivity contribution >= 4 is 5.97 Å². The molecular weight excluding hydrogens is 968 g/mol. The first-order valence-electron chi connectivity index (χ1n) is 21.9. The van der Waals surface area contributed by atoms with Gasteiger partial charge in [0.25, 0.3) is 0 Å². The van der Waals surface area contributed by atoms with Crippen LogP contribution in [-0.2, 0) is 61.6 Å². The quantitative estimate of drug-likeness (QED) is 0.0831. The van der Waals surface area contributed by atoms with E-state index in [-0.39, 0.29) is 6.08 Å². The van der Waals surface area contributed by atoms with Crippen LogP contribution in [0.5, 0.6) is 0 Å². The predicted octanol–water partition coefficient (Wildman–Crippen LogP) is -12.5. The normalized spacial score (nSPS) is 53.1. The lowest BCUT2D eigenvalue weighted by Crippen LogP contribution is -2.69. The van der Waals surface area contributed by atoms with E-state index < -0.39 is 229 Å². The molecule has 19 N–H and O–H groups in total. The van der Waals surface area contributed by atoms with Crippen molar-refractivity contribution in [1.82, 2.24) is 0 Å². The Morgan fingerprint density at radius 2 is 0.500 bits per heavy atom. The standard InChI is InChI=1S/C38H60O32/c39-2-8-27-14(47)20(53)33(59-8)66-28-9(3-40)61-35(22(55)16(28)49)68-30-11(5-42)63-37(24(57)18(30)51)70-32-19(52)25(58)38(64-26(32)7(44)1-13(45)46)69-31-12(6-43)62-36(23(56)17(31)50)67-29-10(4-41)60-34(65-27)21(54)15(29)48/h1,8-12,14-44,47-58H,2-6H2,(H,45,46)/b7-1-/t8-,9-,10-,11-,12-,14-,15-,16-,17-,18-,19-,20-,21-,22-,23-,24-,25-,26+,27-,28-,29-,30-,31-,32+,33-,34-,35-,36-,37-,38+/m1/s1. The van der Waals surface area contributed by atoms with Gasteiger partial charge in [-0.15, -0.1) is 0 Å². The Morgan fingerprint density at radius 1 is 0.300 bits per heavy atom. The van der Waals surface area contributed by atoms with Crippen LogP contribution in [0.2, 0.25) is 0 Å². The van der Waals surface area contributed by atoms with Crippen LogP contribution < -0.4 is 0 Å². The van der Waals surface area contributed by atoms with Crippen LogP contribution in [-0.4, -0.2) is 320 Å². The third kappa shape index (κ3) is 10.8. The molecule has 32 heteroatoms. The Balaban J connectivity index is 1.22. The molecule has 404 valence electrons. The fraction of sp³-hybridized carbons (Fsp3) is 0.921. The first kappa shape index (κ1) is 55.6. The van der Waals surface area contributed by atoms with Crippen LogP contribution in [0, 0.1) is 0 Å². The van der Waals surface area contributed by atoms with Crippen molar-refractivity contribution in [3.8, 4) is 0 Å². The zero-order valence-electron chi connectivity index (χ0n) is 36.2. The predicted molar refractivity (Wildman–Crippen MR) is 207 cm³/mol. The van der Waals surface area contributed by atoms with Gasteiger partial charge in [0.05, 0.1) is 39.1 Å². The maximum Gasteiger partial charge on any atom is 0.331 e. The van der Waals surface area contributed by atoms with Gasteiger partial charge < -0.3 is 154 Å². The molecule has 0 amide bonds. The minimum atomic E-state index is -2.36. The summed E-state index contributed by atoms with van der Waals surface area (Å²) in [5, 5.41) is 207. The van der Waals surface area contributed by atoms with Crippen LogP contribution >= 0.6 is 0 Å². The Bertz CT molecular complexity index is 1720. The molecule has 70 heavy (non-hydrogen) atoms. The van der Waals surface area contributed by atoms with Crippen LogP contribution in [0.25, 0.3) is 0 Å². The average molecular weight is 1030 g/mol. The summed E-state index contributed by atoms with van der Waals surface area (Å²) >= 11 is 0. The lowest BCUT2D eigenvalue weighted by Gasteiger charge is -2.50. The summed E-state index contributed by atoms with van der Waals surface area (Å²) in [6, 6.07) is 0. The van der Waals surface area contributed by atoms with E-state index in [1.165, 1.54) is 0 Å². The summed E-state index contributed by atoms with van der Waals surface area (Å²) in [7, 11) is 0. The lowest BCUT2D eigenvalue weighted by atomic mass is 9.94. The Labute approximate surface area is 393 Å². The molecule has 22 fully saturated rings.